The van der Waals surface area contributed by atoms with Crippen molar-refractivity contribution in [1.82, 2.24) is 19.7 Å². The molecule has 1 N–H and O–H groups in total. The van der Waals surface area contributed by atoms with Crippen LogP contribution in [0, 0.1) is 17.4 Å². The zero-order chi connectivity index (χ0) is 21.8. The molecule has 8 heteroatoms. The third-order valence-electron chi connectivity index (χ3n) is 5.75. The molecule has 1 saturated carbocycles. The number of carbonyl (C=O) groups is 2. The van der Waals surface area contributed by atoms with Gasteiger partial charge in [-0.05, 0) is 45.1 Å². The van der Waals surface area contributed by atoms with Gasteiger partial charge in [0.05, 0.1) is 5.92 Å². The van der Waals surface area contributed by atoms with E-state index in [0.29, 0.717) is 18.7 Å². The first-order valence-corrected chi connectivity index (χ1v) is 11.0. The van der Waals surface area contributed by atoms with Crippen molar-refractivity contribution in [3.63, 3.8) is 0 Å². The molecule has 2 atom stereocenters. The lowest BCUT2D eigenvalue weighted by atomic mass is 9.83. The van der Waals surface area contributed by atoms with Crippen LogP contribution >= 0.6 is 15.9 Å². The Morgan fingerprint density at radius 2 is 1.97 bits per heavy atom. The molecule has 1 aromatic carbocycles. The third-order valence-corrected chi connectivity index (χ3v) is 6.24. The molecule has 1 fully saturated rings. The summed E-state index contributed by atoms with van der Waals surface area (Å²) in [7, 11) is 5.49. The molecule has 1 aliphatic carbocycles. The van der Waals surface area contributed by atoms with Gasteiger partial charge in [0.15, 0.2) is 6.19 Å². The third kappa shape index (κ3) is 4.85. The van der Waals surface area contributed by atoms with E-state index in [-0.39, 0.29) is 23.8 Å². The zero-order valence-electron chi connectivity index (χ0n) is 17.7. The predicted octanol–water partition coefficient (Wildman–Crippen LogP) is 3.19. The Morgan fingerprint density at radius 3 is 2.67 bits per heavy atom. The number of carbonyl (C=O) groups excluding carboxylic acids is 2. The van der Waals surface area contributed by atoms with Crippen LogP contribution in [0.25, 0.3) is 10.9 Å². The summed E-state index contributed by atoms with van der Waals surface area (Å²) in [6.45, 7) is 1.48. The molecule has 0 aliphatic heterocycles. The fourth-order valence-corrected chi connectivity index (χ4v) is 4.45. The Bertz CT molecular complexity index is 978. The van der Waals surface area contributed by atoms with Gasteiger partial charge in [0, 0.05) is 41.6 Å². The van der Waals surface area contributed by atoms with E-state index in [2.05, 4.69) is 26.1 Å². The summed E-state index contributed by atoms with van der Waals surface area (Å²) in [5, 5.41) is 13.2. The van der Waals surface area contributed by atoms with E-state index < -0.39 is 0 Å². The van der Waals surface area contributed by atoms with Gasteiger partial charge in [-0.2, -0.15) is 5.26 Å². The van der Waals surface area contributed by atoms with Gasteiger partial charge in [-0.1, -0.05) is 34.8 Å². The molecule has 1 heterocycles. The average Bonchev–Trinajstić information content (AvgIpc) is 3.09. The van der Waals surface area contributed by atoms with Crippen molar-refractivity contribution in [1.29, 1.82) is 5.26 Å². The highest BCUT2D eigenvalue weighted by Gasteiger charge is 2.34. The average molecular weight is 474 g/mol. The lowest BCUT2D eigenvalue weighted by molar-refractivity contribution is -0.133. The van der Waals surface area contributed by atoms with E-state index in [9.17, 15) is 9.59 Å². The molecule has 1 aromatic heterocycles. The maximum Gasteiger partial charge on any atom is 0.268 e. The number of fused-ring (bicyclic) bond motifs is 1. The molecule has 1 aliphatic rings. The Labute approximate surface area is 185 Å². The van der Waals surface area contributed by atoms with Crippen LogP contribution in [0.5, 0.6) is 0 Å². The lowest BCUT2D eigenvalue weighted by Crippen LogP contribution is -2.48. The molecule has 160 valence electrons. The number of benzene rings is 1. The summed E-state index contributed by atoms with van der Waals surface area (Å²) in [4.78, 5) is 29.1. The number of hydrogen-bond donors (Lipinski definition) is 1. The van der Waals surface area contributed by atoms with Crippen LogP contribution in [0.15, 0.2) is 28.7 Å². The van der Waals surface area contributed by atoms with Crippen LogP contribution in [0.3, 0.4) is 0 Å². The van der Waals surface area contributed by atoms with E-state index in [0.717, 1.165) is 46.1 Å². The summed E-state index contributed by atoms with van der Waals surface area (Å²) in [6.07, 6.45) is 5.20. The van der Waals surface area contributed by atoms with Gasteiger partial charge in [0.2, 0.25) is 5.91 Å². The summed E-state index contributed by atoms with van der Waals surface area (Å²) < 4.78 is 3.00. The highest BCUT2D eigenvalue weighted by atomic mass is 79.9. The molecule has 30 heavy (non-hydrogen) atoms. The molecule has 0 saturated heterocycles. The second-order valence-corrected chi connectivity index (χ2v) is 9.07. The first-order chi connectivity index (χ1) is 14.3. The largest absolute Gasteiger partial charge is 0.347 e. The smallest absolute Gasteiger partial charge is 0.268 e. The number of nitriles is 1. The molecule has 0 bridgehead atoms. The van der Waals surface area contributed by atoms with E-state index in [1.807, 2.05) is 49.1 Å². The Kier molecular flexibility index (Phi) is 7.16. The lowest BCUT2D eigenvalue weighted by Gasteiger charge is -2.32. The highest BCUT2D eigenvalue weighted by molar-refractivity contribution is 9.10. The molecule has 7 nitrogen and oxygen atoms in total. The van der Waals surface area contributed by atoms with Gasteiger partial charge in [0.25, 0.3) is 5.91 Å². The molecule has 2 aromatic rings. The van der Waals surface area contributed by atoms with Crippen LogP contribution in [-0.2, 0) is 11.3 Å². The molecule has 2 amide bonds. The van der Waals surface area contributed by atoms with E-state index in [4.69, 9.17) is 5.26 Å². The number of rotatable bonds is 6. The molecule has 3 rings (SSSR count). The van der Waals surface area contributed by atoms with Crippen LogP contribution < -0.4 is 5.32 Å². The van der Waals surface area contributed by atoms with Gasteiger partial charge in [-0.25, -0.2) is 0 Å². The summed E-state index contributed by atoms with van der Waals surface area (Å²) in [6, 6.07) is 7.64. The quantitative estimate of drug-likeness (QED) is 0.515. The van der Waals surface area contributed by atoms with Crippen LogP contribution in [0.2, 0.25) is 0 Å². The fourth-order valence-electron chi connectivity index (χ4n) is 4.10. The van der Waals surface area contributed by atoms with Crippen LogP contribution in [-0.4, -0.2) is 59.9 Å². The predicted molar refractivity (Wildman–Crippen MR) is 120 cm³/mol. The number of nitrogens with zero attached hydrogens (tertiary/aromatic N) is 4. The van der Waals surface area contributed by atoms with Crippen molar-refractivity contribution in [2.45, 2.75) is 38.3 Å². The van der Waals surface area contributed by atoms with Crippen LogP contribution in [0.1, 0.15) is 36.2 Å². The summed E-state index contributed by atoms with van der Waals surface area (Å²) in [5.74, 6) is -0.758. The standard InChI is InChI=1S/C22H28BrN5O2/c1-26(2)10-11-28-19-13-16(23)9-8-15(19)12-20(28)21(29)25-18-7-5-4-6-17(18)22(30)27(3)14-24/h8-9,12-13,17-18H,4-7,10-11H2,1-3H3,(H,25,29)/t17-,18+/m1/s1. The second-order valence-electron chi connectivity index (χ2n) is 8.16. The van der Waals surface area contributed by atoms with E-state index in [1.165, 1.54) is 7.05 Å². The Hall–Kier alpha value is -2.37. The normalized spacial score (nSPS) is 18.9. The zero-order valence-corrected chi connectivity index (χ0v) is 19.3. The van der Waals surface area contributed by atoms with Gasteiger partial charge >= 0.3 is 0 Å². The maximum atomic E-state index is 13.3. The minimum absolute atomic E-state index is 0.176. The van der Waals surface area contributed by atoms with Gasteiger partial charge in [-0.15, -0.1) is 0 Å². The first-order valence-electron chi connectivity index (χ1n) is 10.2. The minimum atomic E-state index is -0.360. The highest BCUT2D eigenvalue weighted by Crippen LogP contribution is 2.28. The summed E-state index contributed by atoms with van der Waals surface area (Å²) in [5.41, 5.74) is 1.59. The number of hydrogen-bond acceptors (Lipinski definition) is 4. The first kappa shape index (κ1) is 22.3. The maximum absolute atomic E-state index is 13.3. The molecular formula is C22H28BrN5O2. The molecule has 0 spiro atoms. The minimum Gasteiger partial charge on any atom is -0.347 e. The number of amides is 2. The topological polar surface area (TPSA) is 81.4 Å². The Balaban J connectivity index is 1.89. The number of likely N-dealkylation sites (N-methyl/N-ethyl adjacent to an activating group) is 1. The van der Waals surface area contributed by atoms with Crippen molar-refractivity contribution >= 4 is 38.6 Å². The van der Waals surface area contributed by atoms with Crippen LogP contribution in [0.4, 0.5) is 0 Å². The number of aromatic nitrogens is 1. The Morgan fingerprint density at radius 1 is 1.23 bits per heavy atom. The summed E-state index contributed by atoms with van der Waals surface area (Å²) >= 11 is 3.52. The SMILES string of the molecule is CN(C)CCn1c(C(=O)N[C@H]2CCCC[C@H]2C(=O)N(C)C#N)cc2ccc(Br)cc21. The van der Waals surface area contributed by atoms with Crippen molar-refractivity contribution in [2.75, 3.05) is 27.7 Å². The fraction of sp³-hybridized carbons (Fsp3) is 0.500. The van der Waals surface area contributed by atoms with Crippen molar-refractivity contribution in [3.8, 4) is 6.19 Å². The van der Waals surface area contributed by atoms with E-state index >= 15 is 0 Å². The van der Waals surface area contributed by atoms with Crippen molar-refractivity contribution in [3.05, 3.63) is 34.4 Å². The molecular weight excluding hydrogens is 446 g/mol. The number of nitrogens with one attached hydrogen (secondary N) is 1. The van der Waals surface area contributed by atoms with Gasteiger partial charge in [0.1, 0.15) is 5.69 Å². The number of halogens is 1. The van der Waals surface area contributed by atoms with Gasteiger partial charge < -0.3 is 14.8 Å². The van der Waals surface area contributed by atoms with E-state index in [1.54, 1.807) is 0 Å². The second kappa shape index (κ2) is 9.63. The monoisotopic (exact) mass is 473 g/mol. The molecule has 0 unspecified atom stereocenters. The van der Waals surface area contributed by atoms with Crippen molar-refractivity contribution < 1.29 is 9.59 Å². The van der Waals surface area contributed by atoms with Crippen molar-refractivity contribution in [2.24, 2.45) is 5.92 Å². The van der Waals surface area contributed by atoms with Gasteiger partial charge in [-0.3, -0.25) is 14.5 Å². The molecule has 0 radical (unpaired) electrons.